The van der Waals surface area contributed by atoms with E-state index in [0.29, 0.717) is 5.92 Å². The third-order valence-electron chi connectivity index (χ3n) is 4.35. The van der Waals surface area contributed by atoms with E-state index in [0.717, 1.165) is 42.5 Å². The average Bonchev–Trinajstić information content (AvgIpc) is 2.35. The Labute approximate surface area is 125 Å². The maximum Gasteiger partial charge on any atom is 0.247 e. The SMILES string of the molecule is Cc1nc(CC2CNC2)nc2c1NC(=O)[C@H](C(C)C)N2C. The summed E-state index contributed by atoms with van der Waals surface area (Å²) in [5, 5.41) is 6.25. The Morgan fingerprint density at radius 1 is 1.33 bits per heavy atom. The number of rotatable bonds is 3. The summed E-state index contributed by atoms with van der Waals surface area (Å²) < 4.78 is 0. The fourth-order valence-electron chi connectivity index (χ4n) is 3.11. The minimum atomic E-state index is -0.176. The van der Waals surface area contributed by atoms with E-state index in [9.17, 15) is 4.79 Å². The van der Waals surface area contributed by atoms with E-state index in [1.165, 1.54) is 0 Å². The van der Waals surface area contributed by atoms with Crippen molar-refractivity contribution in [2.45, 2.75) is 33.2 Å². The molecule has 3 heterocycles. The number of nitrogens with one attached hydrogen (secondary N) is 2. The summed E-state index contributed by atoms with van der Waals surface area (Å²) in [5.41, 5.74) is 1.61. The Hall–Kier alpha value is -1.69. The molecule has 1 amide bonds. The second-order valence-corrected chi connectivity index (χ2v) is 6.44. The van der Waals surface area contributed by atoms with Gasteiger partial charge in [-0.15, -0.1) is 0 Å². The van der Waals surface area contributed by atoms with Crippen molar-refractivity contribution in [3.63, 3.8) is 0 Å². The molecule has 114 valence electrons. The standard InChI is InChI=1S/C15H23N5O/c1-8(2)13-15(21)19-12-9(3)17-11(5-10-6-16-7-10)18-14(12)20(13)4/h8,10,13,16H,5-7H2,1-4H3,(H,19,21)/t13-/m0/s1. The second kappa shape index (κ2) is 5.26. The van der Waals surface area contributed by atoms with E-state index in [1.807, 2.05) is 18.9 Å². The van der Waals surface area contributed by atoms with Crippen LogP contribution in [0.15, 0.2) is 0 Å². The summed E-state index contributed by atoms with van der Waals surface area (Å²) in [6.07, 6.45) is 0.898. The predicted molar refractivity (Wildman–Crippen MR) is 82.5 cm³/mol. The van der Waals surface area contributed by atoms with Crippen LogP contribution in [0.4, 0.5) is 11.5 Å². The molecule has 0 spiro atoms. The Morgan fingerprint density at radius 2 is 2.05 bits per heavy atom. The number of hydrogen-bond acceptors (Lipinski definition) is 5. The minimum Gasteiger partial charge on any atom is -0.346 e. The van der Waals surface area contributed by atoms with Crippen LogP contribution in [-0.4, -0.2) is 42.1 Å². The van der Waals surface area contributed by atoms with Crippen molar-refractivity contribution in [1.29, 1.82) is 0 Å². The molecule has 1 fully saturated rings. The van der Waals surface area contributed by atoms with Gasteiger partial charge in [-0.05, 0) is 31.8 Å². The lowest BCUT2D eigenvalue weighted by atomic mass is 9.98. The van der Waals surface area contributed by atoms with Gasteiger partial charge < -0.3 is 15.5 Å². The number of nitrogens with zero attached hydrogens (tertiary/aromatic N) is 3. The first-order valence-electron chi connectivity index (χ1n) is 7.59. The molecule has 1 aromatic rings. The third kappa shape index (κ3) is 2.48. The normalized spacial score (nSPS) is 22.0. The Balaban J connectivity index is 1.95. The van der Waals surface area contributed by atoms with Crippen LogP contribution < -0.4 is 15.5 Å². The zero-order chi connectivity index (χ0) is 15.1. The molecule has 1 atom stereocenters. The first-order chi connectivity index (χ1) is 9.97. The number of aryl methyl sites for hydroxylation is 1. The fourth-order valence-corrected chi connectivity index (χ4v) is 3.11. The molecule has 1 aromatic heterocycles. The molecule has 0 unspecified atom stereocenters. The second-order valence-electron chi connectivity index (χ2n) is 6.44. The average molecular weight is 289 g/mol. The van der Waals surface area contributed by atoms with Crippen molar-refractivity contribution in [1.82, 2.24) is 15.3 Å². The molecule has 6 heteroatoms. The highest BCUT2D eigenvalue weighted by atomic mass is 16.2. The molecule has 3 rings (SSSR count). The molecule has 0 radical (unpaired) electrons. The van der Waals surface area contributed by atoms with Crippen LogP contribution in [0.1, 0.15) is 25.4 Å². The predicted octanol–water partition coefficient (Wildman–Crippen LogP) is 0.960. The highest BCUT2D eigenvalue weighted by Crippen LogP contribution is 2.33. The lowest BCUT2D eigenvalue weighted by Crippen LogP contribution is -2.50. The van der Waals surface area contributed by atoms with Crippen molar-refractivity contribution in [3.05, 3.63) is 11.5 Å². The van der Waals surface area contributed by atoms with Gasteiger partial charge in [-0.3, -0.25) is 4.79 Å². The van der Waals surface area contributed by atoms with E-state index in [1.54, 1.807) is 0 Å². The lowest BCUT2D eigenvalue weighted by molar-refractivity contribution is -0.118. The van der Waals surface area contributed by atoms with Gasteiger partial charge in [0.2, 0.25) is 5.91 Å². The van der Waals surface area contributed by atoms with Crippen molar-refractivity contribution in [2.24, 2.45) is 11.8 Å². The van der Waals surface area contributed by atoms with Crippen molar-refractivity contribution < 1.29 is 4.79 Å². The Bertz CT molecular complexity index is 567. The van der Waals surface area contributed by atoms with Gasteiger partial charge in [0.05, 0.1) is 5.69 Å². The van der Waals surface area contributed by atoms with Crippen LogP contribution in [0.25, 0.3) is 0 Å². The van der Waals surface area contributed by atoms with Crippen LogP contribution in [0.3, 0.4) is 0 Å². The summed E-state index contributed by atoms with van der Waals surface area (Å²) in [4.78, 5) is 23.5. The molecule has 1 saturated heterocycles. The topological polar surface area (TPSA) is 70.1 Å². The van der Waals surface area contributed by atoms with Crippen molar-refractivity contribution in [3.8, 4) is 0 Å². The Morgan fingerprint density at radius 3 is 2.62 bits per heavy atom. The number of hydrogen-bond donors (Lipinski definition) is 2. The van der Waals surface area contributed by atoms with Gasteiger partial charge in [0.25, 0.3) is 0 Å². The fraction of sp³-hybridized carbons (Fsp3) is 0.667. The molecular formula is C15H23N5O. The minimum absolute atomic E-state index is 0.0302. The quantitative estimate of drug-likeness (QED) is 0.867. The summed E-state index contributed by atoms with van der Waals surface area (Å²) in [7, 11) is 1.95. The molecule has 2 N–H and O–H groups in total. The van der Waals surface area contributed by atoms with E-state index in [4.69, 9.17) is 4.98 Å². The zero-order valence-corrected chi connectivity index (χ0v) is 13.1. The Kier molecular flexibility index (Phi) is 3.57. The van der Waals surface area contributed by atoms with Gasteiger partial charge in [0.1, 0.15) is 17.6 Å². The maximum atomic E-state index is 12.3. The smallest absolute Gasteiger partial charge is 0.247 e. The highest BCUT2D eigenvalue weighted by Gasteiger charge is 2.35. The molecule has 0 saturated carbocycles. The number of fused-ring (bicyclic) bond motifs is 1. The van der Waals surface area contributed by atoms with Crippen LogP contribution in [0.2, 0.25) is 0 Å². The van der Waals surface area contributed by atoms with Gasteiger partial charge in [0.15, 0.2) is 5.82 Å². The van der Waals surface area contributed by atoms with Gasteiger partial charge in [-0.2, -0.15) is 0 Å². The molecule has 0 bridgehead atoms. The molecule has 0 aliphatic carbocycles. The van der Waals surface area contributed by atoms with Gasteiger partial charge in [0, 0.05) is 13.5 Å². The monoisotopic (exact) mass is 289 g/mol. The number of likely N-dealkylation sites (N-methyl/N-ethyl adjacent to an activating group) is 1. The van der Waals surface area contributed by atoms with E-state index < -0.39 is 0 Å². The van der Waals surface area contributed by atoms with Crippen molar-refractivity contribution in [2.75, 3.05) is 30.4 Å². The first-order valence-corrected chi connectivity index (χ1v) is 7.59. The molecule has 21 heavy (non-hydrogen) atoms. The van der Waals surface area contributed by atoms with Crippen LogP contribution in [0.5, 0.6) is 0 Å². The number of aromatic nitrogens is 2. The maximum absolute atomic E-state index is 12.3. The molecule has 2 aliphatic heterocycles. The lowest BCUT2D eigenvalue weighted by Gasteiger charge is -2.37. The zero-order valence-electron chi connectivity index (χ0n) is 13.1. The molecule has 6 nitrogen and oxygen atoms in total. The van der Waals surface area contributed by atoms with Crippen LogP contribution >= 0.6 is 0 Å². The summed E-state index contributed by atoms with van der Waals surface area (Å²) in [6, 6.07) is -0.176. The van der Waals surface area contributed by atoms with Gasteiger partial charge in [-0.25, -0.2) is 9.97 Å². The number of anilines is 2. The van der Waals surface area contributed by atoms with Gasteiger partial charge in [-0.1, -0.05) is 13.8 Å². The van der Waals surface area contributed by atoms with Crippen LogP contribution in [0, 0.1) is 18.8 Å². The molecule has 2 aliphatic rings. The number of amides is 1. The summed E-state index contributed by atoms with van der Waals surface area (Å²) in [6.45, 7) is 8.13. The third-order valence-corrected chi connectivity index (χ3v) is 4.35. The largest absolute Gasteiger partial charge is 0.346 e. The van der Waals surface area contributed by atoms with Gasteiger partial charge >= 0.3 is 0 Å². The van der Waals surface area contributed by atoms with Crippen molar-refractivity contribution >= 4 is 17.4 Å². The highest BCUT2D eigenvalue weighted by molar-refractivity contribution is 6.03. The molecular weight excluding hydrogens is 266 g/mol. The number of carbonyl (C=O) groups excluding carboxylic acids is 1. The first kappa shape index (κ1) is 14.3. The summed E-state index contributed by atoms with van der Waals surface area (Å²) >= 11 is 0. The van der Waals surface area contributed by atoms with Crippen LogP contribution in [-0.2, 0) is 11.2 Å². The van der Waals surface area contributed by atoms with E-state index in [2.05, 4.69) is 29.5 Å². The van der Waals surface area contributed by atoms with E-state index in [-0.39, 0.29) is 17.9 Å². The molecule has 0 aromatic carbocycles. The summed E-state index contributed by atoms with van der Waals surface area (Å²) in [5.74, 6) is 2.62. The number of carbonyl (C=O) groups is 1. The van der Waals surface area contributed by atoms with E-state index >= 15 is 0 Å².